The number of benzene rings is 1. The summed E-state index contributed by atoms with van der Waals surface area (Å²) < 4.78 is 2.12. The van der Waals surface area contributed by atoms with E-state index in [4.69, 9.17) is 16.6 Å². The van der Waals surface area contributed by atoms with Crippen LogP contribution in [0.5, 0.6) is 0 Å². The lowest BCUT2D eigenvalue weighted by Gasteiger charge is -2.10. The first-order chi connectivity index (χ1) is 12.8. The van der Waals surface area contributed by atoms with Crippen molar-refractivity contribution in [3.8, 4) is 0 Å². The van der Waals surface area contributed by atoms with Crippen molar-refractivity contribution in [2.24, 2.45) is 17.6 Å². The molecule has 1 aromatic carbocycles. The number of carbonyl (C=O) groups is 1. The molecular weight excluding hydrogens is 338 g/mol. The molecule has 0 atom stereocenters. The number of fused-ring (bicyclic) bond motifs is 3. The Morgan fingerprint density at radius 3 is 2.37 bits per heavy atom. The van der Waals surface area contributed by atoms with Crippen LogP contribution in [0.2, 0.25) is 0 Å². The van der Waals surface area contributed by atoms with Gasteiger partial charge in [0.05, 0.1) is 5.52 Å². The van der Waals surface area contributed by atoms with E-state index in [-0.39, 0.29) is 11.8 Å². The van der Waals surface area contributed by atoms with Gasteiger partial charge in [0.1, 0.15) is 5.52 Å². The molecule has 2 aromatic heterocycles. The number of pyridine rings is 1. The predicted molar refractivity (Wildman–Crippen MR) is 112 cm³/mol. The average Bonchev–Trinajstić information content (AvgIpc) is 2.94. The summed E-state index contributed by atoms with van der Waals surface area (Å²) in [6, 6.07) is 8.18. The highest BCUT2D eigenvalue weighted by molar-refractivity contribution is 6.09. The first-order valence-electron chi connectivity index (χ1n) is 9.59. The zero-order valence-electron chi connectivity index (χ0n) is 17.0. The third kappa shape index (κ3) is 4.76. The van der Waals surface area contributed by atoms with Crippen molar-refractivity contribution >= 4 is 33.5 Å². The van der Waals surface area contributed by atoms with Crippen molar-refractivity contribution in [2.45, 2.75) is 54.0 Å². The van der Waals surface area contributed by atoms with Crippen LogP contribution in [0.3, 0.4) is 0 Å². The van der Waals surface area contributed by atoms with Gasteiger partial charge in [-0.05, 0) is 24.8 Å². The number of rotatable bonds is 5. The van der Waals surface area contributed by atoms with Crippen LogP contribution >= 0.6 is 0 Å². The zero-order valence-corrected chi connectivity index (χ0v) is 17.0. The Hall–Kier alpha value is -2.63. The summed E-state index contributed by atoms with van der Waals surface area (Å²) >= 11 is 0. The highest BCUT2D eigenvalue weighted by Gasteiger charge is 2.18. The number of aromatic nitrogens is 3. The number of nitrogens with zero attached hydrogens (tertiary/aromatic N) is 3. The molecule has 0 aliphatic carbocycles. The van der Waals surface area contributed by atoms with Crippen molar-refractivity contribution in [3.63, 3.8) is 0 Å². The fraction of sp³-hybridized carbons (Fsp3) is 0.476. The van der Waals surface area contributed by atoms with Gasteiger partial charge in [-0.25, -0.2) is 4.98 Å². The van der Waals surface area contributed by atoms with Crippen molar-refractivity contribution in [2.75, 3.05) is 5.73 Å². The Morgan fingerprint density at radius 1 is 1.19 bits per heavy atom. The average molecular weight is 370 g/mol. The number of nitrogens with two attached hydrogens (primary N) is 2. The third-order valence-electron chi connectivity index (χ3n) is 4.32. The van der Waals surface area contributed by atoms with E-state index in [1.54, 1.807) is 13.8 Å². The van der Waals surface area contributed by atoms with Crippen LogP contribution in [-0.2, 0) is 17.8 Å². The molecule has 0 fully saturated rings. The predicted octanol–water partition coefficient (Wildman–Crippen LogP) is 3.90. The van der Waals surface area contributed by atoms with Gasteiger partial charge in [-0.2, -0.15) is 5.10 Å². The minimum absolute atomic E-state index is 0.00926. The molecule has 0 saturated carbocycles. The van der Waals surface area contributed by atoms with Crippen LogP contribution in [0.4, 0.5) is 5.82 Å². The molecule has 3 rings (SSSR count). The molecule has 0 unspecified atom stereocenters. The number of para-hydroxylation sites is 1. The second kappa shape index (κ2) is 8.84. The van der Waals surface area contributed by atoms with Crippen molar-refractivity contribution in [1.82, 2.24) is 14.8 Å². The maximum atomic E-state index is 9.92. The van der Waals surface area contributed by atoms with E-state index >= 15 is 0 Å². The molecule has 27 heavy (non-hydrogen) atoms. The molecule has 6 heteroatoms. The van der Waals surface area contributed by atoms with Gasteiger partial charge < -0.3 is 11.5 Å². The van der Waals surface area contributed by atoms with Crippen molar-refractivity contribution < 1.29 is 4.79 Å². The molecule has 0 saturated heterocycles. The van der Waals surface area contributed by atoms with Gasteiger partial charge in [-0.3, -0.25) is 9.48 Å². The first kappa shape index (κ1) is 20.7. The Morgan fingerprint density at radius 2 is 1.81 bits per heavy atom. The molecule has 3 aromatic rings. The van der Waals surface area contributed by atoms with Gasteiger partial charge in [0.25, 0.3) is 0 Å². The smallest absolute Gasteiger partial charge is 0.219 e. The fourth-order valence-electron chi connectivity index (χ4n) is 2.92. The third-order valence-corrected chi connectivity index (χ3v) is 4.32. The largest absolute Gasteiger partial charge is 0.382 e. The summed E-state index contributed by atoms with van der Waals surface area (Å²) in [4.78, 5) is 14.4. The zero-order chi connectivity index (χ0) is 20.1. The lowest BCUT2D eigenvalue weighted by molar-refractivity contribution is -0.120. The van der Waals surface area contributed by atoms with Gasteiger partial charge in [0.2, 0.25) is 5.91 Å². The summed E-state index contributed by atoms with van der Waals surface area (Å²) in [5.41, 5.74) is 14.0. The number of aryl methyl sites for hydroxylation is 1. The van der Waals surface area contributed by atoms with Crippen LogP contribution < -0.4 is 11.5 Å². The highest BCUT2D eigenvalue weighted by Crippen LogP contribution is 2.31. The highest BCUT2D eigenvalue weighted by atomic mass is 16.1. The van der Waals surface area contributed by atoms with E-state index in [0.29, 0.717) is 11.7 Å². The van der Waals surface area contributed by atoms with Crippen LogP contribution in [0.15, 0.2) is 24.3 Å². The maximum absolute atomic E-state index is 9.92. The minimum atomic E-state index is -0.241. The molecule has 146 valence electrons. The van der Waals surface area contributed by atoms with Crippen LogP contribution in [0.25, 0.3) is 21.8 Å². The molecule has 0 aliphatic heterocycles. The van der Waals surface area contributed by atoms with E-state index in [1.807, 2.05) is 12.1 Å². The van der Waals surface area contributed by atoms with Gasteiger partial charge in [-0.1, -0.05) is 52.8 Å². The molecule has 1 amide bonds. The second-order valence-electron chi connectivity index (χ2n) is 7.56. The number of primary amides is 1. The summed E-state index contributed by atoms with van der Waals surface area (Å²) in [7, 11) is 0. The molecule has 0 aliphatic rings. The van der Waals surface area contributed by atoms with Gasteiger partial charge in [-0.15, -0.1) is 0 Å². The Kier molecular flexibility index (Phi) is 6.77. The van der Waals surface area contributed by atoms with Crippen LogP contribution in [0.1, 0.15) is 46.7 Å². The van der Waals surface area contributed by atoms with E-state index in [0.717, 1.165) is 35.8 Å². The van der Waals surface area contributed by atoms with Gasteiger partial charge >= 0.3 is 0 Å². The number of anilines is 1. The summed E-state index contributed by atoms with van der Waals surface area (Å²) in [5, 5.41) is 7.07. The fourth-order valence-corrected chi connectivity index (χ4v) is 2.92. The Labute approximate surface area is 160 Å². The van der Waals surface area contributed by atoms with E-state index in [2.05, 4.69) is 42.6 Å². The summed E-state index contributed by atoms with van der Waals surface area (Å²) in [6.07, 6.45) is 2.06. The molecule has 0 bridgehead atoms. The van der Waals surface area contributed by atoms with Crippen molar-refractivity contribution in [1.29, 1.82) is 0 Å². The number of hydrogen-bond acceptors (Lipinski definition) is 4. The normalized spacial score (nSPS) is 11.2. The molecule has 0 spiro atoms. The van der Waals surface area contributed by atoms with E-state index < -0.39 is 0 Å². The topological polar surface area (TPSA) is 99.8 Å². The van der Waals surface area contributed by atoms with E-state index in [1.165, 1.54) is 11.1 Å². The second-order valence-corrected chi connectivity index (χ2v) is 7.56. The lowest BCUT2D eigenvalue weighted by Crippen LogP contribution is -2.17. The molecule has 0 radical (unpaired) electrons. The summed E-state index contributed by atoms with van der Waals surface area (Å²) in [5.74, 6) is 0.859. The lowest BCUT2D eigenvalue weighted by atomic mass is 10.0. The SMILES string of the molecule is CC(C)C(N)=O.CCCn1nc2c(N)nc3ccccc3c2c1CC(C)C. The molecule has 4 N–H and O–H groups in total. The van der Waals surface area contributed by atoms with E-state index in [9.17, 15) is 4.79 Å². The van der Waals surface area contributed by atoms with Gasteiger partial charge in [0.15, 0.2) is 5.82 Å². The quantitative estimate of drug-likeness (QED) is 0.712. The van der Waals surface area contributed by atoms with Crippen LogP contribution in [0, 0.1) is 11.8 Å². The standard InChI is InChI=1S/C17H22N4.C4H9NO/c1-4-9-21-14(10-11(2)3)15-12-7-5-6-8-13(12)19-17(18)16(15)20-21;1-3(2)4(5)6/h5-8,11H,4,9-10H2,1-3H3,(H2,18,19);3H,1-2H3,(H2,5,6). The Balaban J connectivity index is 0.000000380. The summed E-state index contributed by atoms with van der Waals surface area (Å²) in [6.45, 7) is 11.1. The number of hydrogen-bond donors (Lipinski definition) is 2. The number of amides is 1. The first-order valence-corrected chi connectivity index (χ1v) is 9.59. The molecule has 2 heterocycles. The Bertz CT molecular complexity index is 927. The molecular formula is C21H31N5O. The van der Waals surface area contributed by atoms with Crippen LogP contribution in [-0.4, -0.2) is 20.7 Å². The number of nitrogen functional groups attached to an aromatic ring is 1. The maximum Gasteiger partial charge on any atom is 0.219 e. The number of carbonyl (C=O) groups excluding carboxylic acids is 1. The molecule has 6 nitrogen and oxygen atoms in total. The van der Waals surface area contributed by atoms with Gasteiger partial charge in [0, 0.05) is 28.9 Å². The van der Waals surface area contributed by atoms with Crippen molar-refractivity contribution in [3.05, 3.63) is 30.0 Å². The monoisotopic (exact) mass is 369 g/mol. The minimum Gasteiger partial charge on any atom is -0.382 e.